The lowest BCUT2D eigenvalue weighted by Crippen LogP contribution is -2.51. The molecule has 2 N–H and O–H groups in total. The minimum Gasteiger partial charge on any atom is -0.444 e. The quantitative estimate of drug-likeness (QED) is 0.119. The maximum Gasteiger partial charge on any atom is 0.501 e. The number of benzene rings is 3. The molecule has 4 aliphatic rings. The Morgan fingerprint density at radius 2 is 1.47 bits per heavy atom. The maximum absolute atomic E-state index is 14.0. The Morgan fingerprint density at radius 1 is 0.842 bits per heavy atom. The molecule has 420 valence electrons. The molecule has 0 aromatic heterocycles. The van der Waals surface area contributed by atoms with Gasteiger partial charge in [-0.2, -0.15) is 13.2 Å². The summed E-state index contributed by atoms with van der Waals surface area (Å²) in [7, 11) is -8.65. The van der Waals surface area contributed by atoms with Gasteiger partial charge in [-0.05, 0) is 131 Å². The number of nitrogens with one attached hydrogen (secondary N) is 2. The zero-order valence-corrected chi connectivity index (χ0v) is 47.2. The van der Waals surface area contributed by atoms with Gasteiger partial charge in [-0.15, -0.1) is 0 Å². The molecule has 3 aromatic carbocycles. The second kappa shape index (κ2) is 25.1. The van der Waals surface area contributed by atoms with Gasteiger partial charge in [0.1, 0.15) is 10.5 Å². The fourth-order valence-electron chi connectivity index (χ4n) is 10.5. The van der Waals surface area contributed by atoms with Crippen molar-refractivity contribution in [3.05, 3.63) is 88.5 Å². The van der Waals surface area contributed by atoms with Crippen molar-refractivity contribution >= 4 is 60.4 Å². The number of rotatable bonds is 19. The molecule has 2 amide bonds. The van der Waals surface area contributed by atoms with Crippen LogP contribution in [0.1, 0.15) is 82.6 Å². The Kier molecular flexibility index (Phi) is 19.5. The summed E-state index contributed by atoms with van der Waals surface area (Å²) in [6.45, 7) is 22.5. The number of piperazine rings is 2. The molecular formula is C54H76ClF3N8O8S2. The number of hydrogen-bond acceptors (Lipinski definition) is 14. The van der Waals surface area contributed by atoms with Crippen molar-refractivity contribution in [2.24, 2.45) is 5.41 Å². The number of sulfonamides is 1. The number of anilines is 2. The van der Waals surface area contributed by atoms with E-state index in [-0.39, 0.29) is 22.8 Å². The van der Waals surface area contributed by atoms with Gasteiger partial charge >= 0.3 is 11.6 Å². The van der Waals surface area contributed by atoms with E-state index >= 15 is 0 Å². The van der Waals surface area contributed by atoms with Crippen LogP contribution in [-0.2, 0) is 29.3 Å². The number of morpholine rings is 1. The minimum absolute atomic E-state index is 0.00997. The number of ether oxygens (including phenoxy) is 2. The van der Waals surface area contributed by atoms with Gasteiger partial charge in [0.2, 0.25) is 0 Å². The Hall–Kier alpha value is -4.48. The lowest BCUT2D eigenvalue weighted by atomic mass is 9.71. The topological polar surface area (TPSA) is 164 Å². The predicted octanol–water partition coefficient (Wildman–Crippen LogP) is 7.92. The standard InChI is InChI=1S/C54H76ClF3N8O8S2/c1-7-44(19-21-62-32-34-73-35-33-62)59-48-17-16-46(36-49(48)75(69,70)54(56,57)58)76(71,72)60-50(67)41-10-14-45(15-11-41)65-28-26-64(27-29-65)38-42-37-53(5,20-18-47(42)40-8-12-43(55)13-9-40)39-61(6)22-23-63-24-30-66(31-25-63)51(68)74-52(2,3)4/h8-17,36,44,59H,7,18-35,37-39H2,1-6H3,(H,60,67)/t44-,53?/m0/s1. The van der Waals surface area contributed by atoms with Gasteiger partial charge in [0.15, 0.2) is 0 Å². The summed E-state index contributed by atoms with van der Waals surface area (Å²) in [5.41, 5.74) is -1.76. The van der Waals surface area contributed by atoms with Gasteiger partial charge in [-0.1, -0.05) is 43.2 Å². The van der Waals surface area contributed by atoms with E-state index in [9.17, 15) is 39.6 Å². The zero-order chi connectivity index (χ0) is 55.1. The number of amides is 2. The lowest BCUT2D eigenvalue weighted by molar-refractivity contribution is -0.0436. The van der Waals surface area contributed by atoms with Crippen LogP contribution < -0.4 is 14.9 Å². The summed E-state index contributed by atoms with van der Waals surface area (Å²) in [6, 6.07) is 16.5. The molecule has 3 saturated heterocycles. The van der Waals surface area contributed by atoms with Crippen LogP contribution in [0.2, 0.25) is 5.02 Å². The van der Waals surface area contributed by atoms with E-state index in [1.807, 2.05) is 44.5 Å². The van der Waals surface area contributed by atoms with E-state index in [1.54, 1.807) is 17.0 Å². The molecule has 3 aliphatic heterocycles. The molecule has 1 unspecified atom stereocenters. The first kappa shape index (κ1) is 59.2. The van der Waals surface area contributed by atoms with Gasteiger partial charge in [-0.3, -0.25) is 19.5 Å². The maximum atomic E-state index is 14.0. The van der Waals surface area contributed by atoms with E-state index in [1.165, 1.54) is 28.8 Å². The average molecular weight is 1120 g/mol. The van der Waals surface area contributed by atoms with Crippen molar-refractivity contribution in [2.45, 2.75) is 93.7 Å². The highest BCUT2D eigenvalue weighted by Gasteiger charge is 2.48. The molecule has 0 bridgehead atoms. The van der Waals surface area contributed by atoms with Gasteiger partial charge in [0.25, 0.3) is 25.8 Å². The Balaban J connectivity index is 0.944. The number of likely N-dealkylation sites (N-methyl/N-ethyl adjacent to an activating group) is 1. The fraction of sp³-hybridized carbons (Fsp3) is 0.593. The minimum atomic E-state index is -6.01. The van der Waals surface area contributed by atoms with Crippen molar-refractivity contribution < 1.29 is 49.1 Å². The number of alkyl halides is 3. The number of hydrogen-bond donors (Lipinski definition) is 2. The molecular weight excluding hydrogens is 1050 g/mol. The van der Waals surface area contributed by atoms with Crippen molar-refractivity contribution in [2.75, 3.05) is 129 Å². The molecule has 76 heavy (non-hydrogen) atoms. The highest BCUT2D eigenvalue weighted by molar-refractivity contribution is 7.92. The summed E-state index contributed by atoms with van der Waals surface area (Å²) in [5, 5.41) is 3.60. The monoisotopic (exact) mass is 1120 g/mol. The highest BCUT2D eigenvalue weighted by Crippen LogP contribution is 2.44. The van der Waals surface area contributed by atoms with E-state index in [4.69, 9.17) is 21.1 Å². The largest absolute Gasteiger partial charge is 0.501 e. The number of carbonyl (C=O) groups is 2. The van der Waals surface area contributed by atoms with Gasteiger partial charge in [-0.25, -0.2) is 26.4 Å². The van der Waals surface area contributed by atoms with Crippen LogP contribution >= 0.6 is 11.6 Å². The molecule has 2 atom stereocenters. The third-order valence-electron chi connectivity index (χ3n) is 14.8. The Bertz CT molecular complexity index is 2720. The van der Waals surface area contributed by atoms with E-state index in [2.05, 4.69) is 55.9 Å². The summed E-state index contributed by atoms with van der Waals surface area (Å²) < 4.78 is 108. The molecule has 3 heterocycles. The molecule has 0 spiro atoms. The van der Waals surface area contributed by atoms with Crippen molar-refractivity contribution in [3.63, 3.8) is 0 Å². The van der Waals surface area contributed by atoms with Crippen LogP contribution in [0.3, 0.4) is 0 Å². The third-order valence-corrected chi connectivity index (χ3v) is 17.9. The summed E-state index contributed by atoms with van der Waals surface area (Å²) in [6.07, 6.45) is 3.64. The van der Waals surface area contributed by atoms with Crippen molar-refractivity contribution in [3.8, 4) is 0 Å². The van der Waals surface area contributed by atoms with Crippen LogP contribution in [0.5, 0.6) is 0 Å². The normalized spacial score (nSPS) is 20.5. The van der Waals surface area contributed by atoms with Gasteiger partial charge in [0, 0.05) is 120 Å². The van der Waals surface area contributed by atoms with Crippen LogP contribution in [0, 0.1) is 5.41 Å². The van der Waals surface area contributed by atoms with Crippen LogP contribution in [-0.4, -0.2) is 189 Å². The van der Waals surface area contributed by atoms with E-state index in [0.717, 1.165) is 89.4 Å². The van der Waals surface area contributed by atoms with Crippen LogP contribution in [0.4, 0.5) is 29.3 Å². The Morgan fingerprint density at radius 3 is 2.09 bits per heavy atom. The molecule has 0 saturated carbocycles. The number of carbonyl (C=O) groups excluding carboxylic acids is 2. The lowest BCUT2D eigenvalue weighted by Gasteiger charge is -2.42. The Labute approximate surface area is 452 Å². The third kappa shape index (κ3) is 15.8. The number of halogens is 4. The first-order valence-electron chi connectivity index (χ1n) is 26.3. The van der Waals surface area contributed by atoms with Crippen LogP contribution in [0.25, 0.3) is 5.57 Å². The number of nitrogens with zero attached hydrogens (tertiary/aromatic N) is 6. The van der Waals surface area contributed by atoms with Gasteiger partial charge < -0.3 is 29.5 Å². The highest BCUT2D eigenvalue weighted by atomic mass is 35.5. The molecule has 3 fully saturated rings. The van der Waals surface area contributed by atoms with Crippen molar-refractivity contribution in [1.82, 2.24) is 29.2 Å². The molecule has 1 aliphatic carbocycles. The van der Waals surface area contributed by atoms with Crippen LogP contribution in [0.15, 0.2) is 82.1 Å². The van der Waals surface area contributed by atoms with E-state index in [0.29, 0.717) is 83.0 Å². The first-order chi connectivity index (χ1) is 35.8. The molecule has 7 rings (SSSR count). The summed E-state index contributed by atoms with van der Waals surface area (Å²) in [4.78, 5) is 37.4. The first-order valence-corrected chi connectivity index (χ1v) is 29.7. The number of allylic oxidation sites excluding steroid dienone is 1. The zero-order valence-electron chi connectivity index (χ0n) is 44.8. The summed E-state index contributed by atoms with van der Waals surface area (Å²) >= 11 is 6.33. The molecule has 3 aromatic rings. The number of sulfone groups is 1. The van der Waals surface area contributed by atoms with Gasteiger partial charge in [0.05, 0.1) is 23.8 Å². The molecule has 22 heteroatoms. The molecule has 0 radical (unpaired) electrons. The molecule has 16 nitrogen and oxygen atoms in total. The average Bonchev–Trinajstić information content (AvgIpc) is 3.37. The summed E-state index contributed by atoms with van der Waals surface area (Å²) in [5.74, 6) is -1.03. The van der Waals surface area contributed by atoms with E-state index < -0.39 is 52.7 Å². The second-order valence-corrected chi connectivity index (χ2v) is 26.0. The second-order valence-electron chi connectivity index (χ2n) is 22.0. The smallest absolute Gasteiger partial charge is 0.444 e. The predicted molar refractivity (Wildman–Crippen MR) is 291 cm³/mol. The fourth-order valence-corrected chi connectivity index (χ4v) is 12.7. The SMILES string of the molecule is CC[C@@H](CCN1CCOCC1)Nc1ccc(S(=O)(=O)NC(=O)c2ccc(N3CCN(CC4=C(c5ccc(Cl)cc5)CCC(C)(CN(C)CCN5CCN(C(=O)OC(C)(C)C)CC5)C4)CC3)cc2)cc1S(=O)(=O)C(F)(F)F. The van der Waals surface area contributed by atoms with Crippen molar-refractivity contribution in [1.29, 1.82) is 0 Å².